The highest BCUT2D eigenvalue weighted by Crippen LogP contribution is 2.33. The molecule has 1 aliphatic heterocycles. The molecule has 0 aromatic heterocycles. The van der Waals surface area contributed by atoms with Crippen molar-refractivity contribution in [3.05, 3.63) is 90.5 Å². The molecule has 0 aliphatic carbocycles. The molecule has 3 aromatic carbocycles. The molecule has 0 atom stereocenters. The second-order valence-corrected chi connectivity index (χ2v) is 8.13. The van der Waals surface area contributed by atoms with E-state index >= 15 is 0 Å². The smallest absolute Gasteiger partial charge is 0.323 e. The summed E-state index contributed by atoms with van der Waals surface area (Å²) >= 11 is 1.48. The lowest BCUT2D eigenvalue weighted by Crippen LogP contribution is -2.38. The summed E-state index contributed by atoms with van der Waals surface area (Å²) in [6, 6.07) is 25.0. The van der Waals surface area contributed by atoms with Gasteiger partial charge in [-0.2, -0.15) is 0 Å². The van der Waals surface area contributed by atoms with E-state index in [2.05, 4.69) is 5.32 Å². The van der Waals surface area contributed by atoms with Gasteiger partial charge in [-0.1, -0.05) is 72.4 Å². The Labute approximate surface area is 189 Å². The molecule has 0 unspecified atom stereocenters. The predicted molar refractivity (Wildman–Crippen MR) is 120 cm³/mol. The van der Waals surface area contributed by atoms with Gasteiger partial charge in [0.1, 0.15) is 6.54 Å². The largest absolute Gasteiger partial charge is 0.335 e. The van der Waals surface area contributed by atoms with Crippen molar-refractivity contribution in [2.24, 2.45) is 0 Å². The molecule has 1 heterocycles. The lowest BCUT2D eigenvalue weighted by Gasteiger charge is -2.16. The van der Waals surface area contributed by atoms with Crippen LogP contribution >= 0.6 is 11.8 Å². The summed E-state index contributed by atoms with van der Waals surface area (Å²) < 4.78 is 0. The first-order chi connectivity index (χ1) is 15.5. The Balaban J connectivity index is 1.44. The van der Waals surface area contributed by atoms with E-state index in [1.807, 2.05) is 48.5 Å². The van der Waals surface area contributed by atoms with E-state index in [1.54, 1.807) is 36.4 Å². The zero-order valence-electron chi connectivity index (χ0n) is 16.9. The topological polar surface area (TPSA) is 86.8 Å². The first-order valence-electron chi connectivity index (χ1n) is 9.86. The Morgan fingerprint density at radius 3 is 2.06 bits per heavy atom. The summed E-state index contributed by atoms with van der Waals surface area (Å²) in [5, 5.41) is 2.74. The number of nitrogens with zero attached hydrogens (tertiary/aromatic N) is 2. The zero-order valence-corrected chi connectivity index (χ0v) is 17.7. The molecule has 0 radical (unpaired) electrons. The average molecular weight is 446 g/mol. The normalized spacial score (nSPS) is 13.6. The Morgan fingerprint density at radius 1 is 0.750 bits per heavy atom. The first-order valence-corrected chi connectivity index (χ1v) is 10.7. The van der Waals surface area contributed by atoms with E-state index in [0.29, 0.717) is 16.2 Å². The molecule has 3 aromatic rings. The summed E-state index contributed by atoms with van der Waals surface area (Å²) in [7, 11) is 0. The van der Waals surface area contributed by atoms with Crippen molar-refractivity contribution in [3.8, 4) is 0 Å². The van der Waals surface area contributed by atoms with Crippen LogP contribution in [-0.4, -0.2) is 40.1 Å². The molecule has 0 bridgehead atoms. The van der Waals surface area contributed by atoms with E-state index < -0.39 is 30.3 Å². The van der Waals surface area contributed by atoms with E-state index in [9.17, 15) is 19.2 Å². The molecule has 0 saturated carbocycles. The van der Waals surface area contributed by atoms with Crippen molar-refractivity contribution < 1.29 is 19.2 Å². The van der Waals surface area contributed by atoms with Gasteiger partial charge in [0.15, 0.2) is 0 Å². The molecule has 7 nitrogen and oxygen atoms in total. The number of rotatable bonds is 7. The highest BCUT2D eigenvalue weighted by atomic mass is 32.2. The van der Waals surface area contributed by atoms with Crippen LogP contribution in [0, 0.1) is 0 Å². The number of nitrogens with one attached hydrogen (secondary N) is 1. The van der Waals surface area contributed by atoms with E-state index in [-0.39, 0.29) is 6.54 Å². The van der Waals surface area contributed by atoms with Crippen LogP contribution in [0.2, 0.25) is 0 Å². The number of hydrogen-bond acceptors (Lipinski definition) is 5. The van der Waals surface area contributed by atoms with Crippen LogP contribution < -0.4 is 5.32 Å². The molecule has 1 saturated heterocycles. The van der Waals surface area contributed by atoms with Crippen LogP contribution in [0.4, 0.5) is 10.5 Å². The van der Waals surface area contributed by atoms with Gasteiger partial charge in [0.25, 0.3) is 0 Å². The Morgan fingerprint density at radius 2 is 1.34 bits per heavy atom. The molecular weight excluding hydrogens is 426 g/mol. The van der Waals surface area contributed by atoms with Crippen molar-refractivity contribution in [1.82, 2.24) is 9.80 Å². The zero-order chi connectivity index (χ0) is 22.5. The standard InChI is InChI=1S/C24H19N3O4S/c28-21(25-19-13-7-8-14-20(19)32-18-11-5-2-6-12-18)16-27-23(30)22(29)26(24(27)31)15-17-9-3-1-4-10-17/h1-14H,15-16H2,(H,25,28). The van der Waals surface area contributed by atoms with Crippen LogP contribution in [0.3, 0.4) is 0 Å². The summed E-state index contributed by atoms with van der Waals surface area (Å²) in [6.07, 6.45) is 0. The van der Waals surface area contributed by atoms with Crippen LogP contribution in [0.1, 0.15) is 5.56 Å². The fourth-order valence-electron chi connectivity index (χ4n) is 3.20. The Hall–Kier alpha value is -3.91. The Bertz CT molecular complexity index is 1170. The summed E-state index contributed by atoms with van der Waals surface area (Å²) in [6.45, 7) is -0.571. The van der Waals surface area contributed by atoms with Gasteiger partial charge >= 0.3 is 17.8 Å². The summed E-state index contributed by atoms with van der Waals surface area (Å²) in [4.78, 5) is 53.3. The number of imide groups is 2. The monoisotopic (exact) mass is 445 g/mol. The summed E-state index contributed by atoms with van der Waals surface area (Å²) in [5.41, 5.74) is 1.26. The molecule has 160 valence electrons. The lowest BCUT2D eigenvalue weighted by atomic mass is 10.2. The van der Waals surface area contributed by atoms with Crippen LogP contribution in [-0.2, 0) is 20.9 Å². The number of carbonyl (C=O) groups excluding carboxylic acids is 4. The fourth-order valence-corrected chi connectivity index (χ4v) is 4.13. The predicted octanol–water partition coefficient (Wildman–Crippen LogP) is 3.77. The van der Waals surface area contributed by atoms with Gasteiger partial charge in [-0.15, -0.1) is 0 Å². The SMILES string of the molecule is O=C(CN1C(=O)C(=O)N(Cc2ccccc2)C1=O)Nc1ccccc1Sc1ccccc1. The molecule has 5 amide bonds. The minimum absolute atomic E-state index is 0.0289. The Kier molecular flexibility index (Phi) is 6.32. The molecule has 1 fully saturated rings. The highest BCUT2D eigenvalue weighted by Gasteiger charge is 2.45. The van der Waals surface area contributed by atoms with Gasteiger partial charge < -0.3 is 5.32 Å². The van der Waals surface area contributed by atoms with Gasteiger partial charge in [-0.05, 0) is 29.8 Å². The number of carbonyl (C=O) groups is 4. The quantitative estimate of drug-likeness (QED) is 0.442. The number of hydrogen-bond donors (Lipinski definition) is 1. The van der Waals surface area contributed by atoms with E-state index in [4.69, 9.17) is 0 Å². The third-order valence-electron chi connectivity index (χ3n) is 4.75. The maximum absolute atomic E-state index is 12.7. The average Bonchev–Trinajstić information content (AvgIpc) is 3.00. The second kappa shape index (κ2) is 9.49. The molecule has 8 heteroatoms. The molecule has 1 aliphatic rings. The first kappa shape index (κ1) is 21.3. The summed E-state index contributed by atoms with van der Waals surface area (Å²) in [5.74, 6) is -2.51. The van der Waals surface area contributed by atoms with Crippen molar-refractivity contribution in [2.45, 2.75) is 16.3 Å². The van der Waals surface area contributed by atoms with Gasteiger partial charge in [-0.3, -0.25) is 19.3 Å². The van der Waals surface area contributed by atoms with E-state index in [1.165, 1.54) is 11.8 Å². The number of para-hydroxylation sites is 1. The van der Waals surface area contributed by atoms with Crippen LogP contribution in [0.25, 0.3) is 0 Å². The third-order valence-corrected chi connectivity index (χ3v) is 5.84. The lowest BCUT2D eigenvalue weighted by molar-refractivity contribution is -0.143. The molecule has 0 spiro atoms. The minimum atomic E-state index is -1.01. The molecule has 4 rings (SSSR count). The molecule has 32 heavy (non-hydrogen) atoms. The van der Waals surface area contributed by atoms with Crippen molar-refractivity contribution in [1.29, 1.82) is 0 Å². The molecular formula is C24H19N3O4S. The van der Waals surface area contributed by atoms with Gasteiger partial charge in [-0.25, -0.2) is 9.69 Å². The van der Waals surface area contributed by atoms with Gasteiger partial charge in [0.05, 0.1) is 12.2 Å². The van der Waals surface area contributed by atoms with Crippen LogP contribution in [0.5, 0.6) is 0 Å². The van der Waals surface area contributed by atoms with Crippen molar-refractivity contribution in [3.63, 3.8) is 0 Å². The van der Waals surface area contributed by atoms with E-state index in [0.717, 1.165) is 14.7 Å². The van der Waals surface area contributed by atoms with Crippen molar-refractivity contribution in [2.75, 3.05) is 11.9 Å². The minimum Gasteiger partial charge on any atom is -0.323 e. The maximum Gasteiger partial charge on any atom is 0.335 e. The second-order valence-electron chi connectivity index (χ2n) is 7.01. The maximum atomic E-state index is 12.7. The number of anilines is 1. The number of benzene rings is 3. The molecule has 1 N–H and O–H groups in total. The third kappa shape index (κ3) is 4.70. The van der Waals surface area contributed by atoms with Crippen molar-refractivity contribution >= 4 is 41.2 Å². The van der Waals surface area contributed by atoms with Gasteiger partial charge in [0, 0.05) is 9.79 Å². The number of urea groups is 1. The number of amides is 5. The highest BCUT2D eigenvalue weighted by molar-refractivity contribution is 7.99. The fraction of sp³-hybridized carbons (Fsp3) is 0.0833. The van der Waals surface area contributed by atoms with Gasteiger partial charge in [0.2, 0.25) is 5.91 Å². The van der Waals surface area contributed by atoms with Crippen LogP contribution in [0.15, 0.2) is 94.7 Å².